The number of carbonyl (C=O) groups is 3. The summed E-state index contributed by atoms with van der Waals surface area (Å²) in [5.41, 5.74) is 0. The molecule has 0 spiro atoms. The summed E-state index contributed by atoms with van der Waals surface area (Å²) < 4.78 is 16.9. The van der Waals surface area contributed by atoms with Crippen LogP contribution in [-0.2, 0) is 28.6 Å². The van der Waals surface area contributed by atoms with E-state index in [1.807, 2.05) is 0 Å². The van der Waals surface area contributed by atoms with Crippen molar-refractivity contribution in [3.8, 4) is 0 Å². The van der Waals surface area contributed by atoms with Crippen molar-refractivity contribution in [2.75, 3.05) is 13.2 Å². The third-order valence-electron chi connectivity index (χ3n) is 14.8. The summed E-state index contributed by atoms with van der Waals surface area (Å²) >= 11 is 0. The molecule has 0 radical (unpaired) electrons. The highest BCUT2D eigenvalue weighted by Crippen LogP contribution is 2.18. The summed E-state index contributed by atoms with van der Waals surface area (Å²) in [6.07, 6.45) is 71.0. The van der Waals surface area contributed by atoms with Crippen molar-refractivity contribution in [2.45, 2.75) is 374 Å². The van der Waals surface area contributed by atoms with Crippen LogP contribution in [0, 0.1) is 0 Å². The smallest absolute Gasteiger partial charge is 0.306 e. The number of ether oxygens (including phenoxy) is 3. The predicted molar refractivity (Wildman–Crippen MR) is 307 cm³/mol. The van der Waals surface area contributed by atoms with Crippen LogP contribution >= 0.6 is 0 Å². The molecule has 0 amide bonds. The third kappa shape index (κ3) is 58.9. The first-order valence-electron chi connectivity index (χ1n) is 32.2. The zero-order valence-corrected chi connectivity index (χ0v) is 48.3. The molecule has 1 atom stereocenters. The Kier molecular flexibility index (Phi) is 59.1. The van der Waals surface area contributed by atoms with Gasteiger partial charge in [0.15, 0.2) is 6.10 Å². The van der Waals surface area contributed by atoms with Gasteiger partial charge in [0.1, 0.15) is 13.2 Å². The van der Waals surface area contributed by atoms with Gasteiger partial charge in [-0.1, -0.05) is 315 Å². The maximum Gasteiger partial charge on any atom is 0.306 e. The quantitative estimate of drug-likeness (QED) is 0.0261. The fraction of sp³-hybridized carbons (Fsp3) is 0.923. The SMILES string of the molecule is CCCCCC/C=C\CCCCCCCC(=O)OC(COC(=O)CCCCCCCCCCCCC)COC(=O)CCCCCCCCCCCCCCCCCCCCCCCCCCCCCCC. The maximum absolute atomic E-state index is 12.8. The molecule has 0 rings (SSSR count). The molecule has 0 aromatic rings. The Hall–Kier alpha value is -1.85. The van der Waals surface area contributed by atoms with Gasteiger partial charge < -0.3 is 14.2 Å². The van der Waals surface area contributed by atoms with Crippen molar-refractivity contribution in [2.24, 2.45) is 0 Å². The largest absolute Gasteiger partial charge is 0.462 e. The molecule has 0 aromatic carbocycles. The zero-order chi connectivity index (χ0) is 51.4. The Morgan fingerprint density at radius 3 is 0.718 bits per heavy atom. The summed E-state index contributed by atoms with van der Waals surface area (Å²) in [5, 5.41) is 0. The van der Waals surface area contributed by atoms with E-state index in [2.05, 4.69) is 32.9 Å². The molecule has 0 aliphatic rings. The molecule has 6 heteroatoms. The number of hydrogen-bond donors (Lipinski definition) is 0. The lowest BCUT2D eigenvalue weighted by Crippen LogP contribution is -2.30. The topological polar surface area (TPSA) is 78.9 Å². The fourth-order valence-electron chi connectivity index (χ4n) is 9.91. The molecule has 0 aliphatic carbocycles. The second kappa shape index (κ2) is 60.7. The Balaban J connectivity index is 4.06. The zero-order valence-electron chi connectivity index (χ0n) is 48.3. The minimum Gasteiger partial charge on any atom is -0.462 e. The lowest BCUT2D eigenvalue weighted by atomic mass is 10.0. The molecule has 0 aromatic heterocycles. The first-order chi connectivity index (χ1) is 35.0. The van der Waals surface area contributed by atoms with Crippen molar-refractivity contribution in [3.63, 3.8) is 0 Å². The molecule has 0 bridgehead atoms. The fourth-order valence-corrected chi connectivity index (χ4v) is 9.91. The molecule has 0 heterocycles. The van der Waals surface area contributed by atoms with Crippen LogP contribution in [0.2, 0.25) is 0 Å². The van der Waals surface area contributed by atoms with Crippen LogP contribution in [0.5, 0.6) is 0 Å². The van der Waals surface area contributed by atoms with E-state index in [0.717, 1.165) is 64.2 Å². The van der Waals surface area contributed by atoms with Crippen LogP contribution in [0.15, 0.2) is 12.2 Å². The van der Waals surface area contributed by atoms with Gasteiger partial charge in [0, 0.05) is 19.3 Å². The van der Waals surface area contributed by atoms with Crippen LogP contribution in [-0.4, -0.2) is 37.2 Å². The van der Waals surface area contributed by atoms with Gasteiger partial charge in [0.25, 0.3) is 0 Å². The highest BCUT2D eigenvalue weighted by atomic mass is 16.6. The van der Waals surface area contributed by atoms with E-state index in [1.165, 1.54) is 263 Å². The molecule has 0 saturated carbocycles. The molecule has 0 N–H and O–H groups in total. The highest BCUT2D eigenvalue weighted by molar-refractivity contribution is 5.71. The van der Waals surface area contributed by atoms with Gasteiger partial charge >= 0.3 is 17.9 Å². The van der Waals surface area contributed by atoms with E-state index in [9.17, 15) is 14.4 Å². The Labute approximate surface area is 443 Å². The molecule has 420 valence electrons. The average Bonchev–Trinajstić information content (AvgIpc) is 3.37. The summed E-state index contributed by atoms with van der Waals surface area (Å²) in [6, 6.07) is 0. The minimum absolute atomic E-state index is 0.0675. The predicted octanol–water partition coefficient (Wildman–Crippen LogP) is 21.7. The van der Waals surface area contributed by atoms with E-state index in [0.29, 0.717) is 19.3 Å². The van der Waals surface area contributed by atoms with Crippen molar-refractivity contribution >= 4 is 17.9 Å². The van der Waals surface area contributed by atoms with Gasteiger partial charge in [-0.3, -0.25) is 14.4 Å². The summed E-state index contributed by atoms with van der Waals surface area (Å²) in [7, 11) is 0. The van der Waals surface area contributed by atoms with Gasteiger partial charge in [-0.2, -0.15) is 0 Å². The molecular formula is C65H124O6. The molecule has 71 heavy (non-hydrogen) atoms. The van der Waals surface area contributed by atoms with Crippen LogP contribution < -0.4 is 0 Å². The van der Waals surface area contributed by atoms with Crippen molar-refractivity contribution in [3.05, 3.63) is 12.2 Å². The monoisotopic (exact) mass is 1000 g/mol. The standard InChI is InChI=1S/C65H124O6/c1-4-7-10-13-16-19-22-24-25-26-27-28-29-30-31-32-33-34-35-36-37-38-39-41-43-46-49-52-55-58-64(67)70-61-62(60-69-63(66)57-54-51-48-45-42-21-18-15-12-9-6-3)71-65(68)59-56-53-50-47-44-40-23-20-17-14-11-8-5-2/h20,23,62H,4-19,21-22,24-61H2,1-3H3/b23-20-. The maximum atomic E-state index is 12.8. The van der Waals surface area contributed by atoms with E-state index < -0.39 is 6.10 Å². The van der Waals surface area contributed by atoms with Crippen molar-refractivity contribution in [1.82, 2.24) is 0 Å². The summed E-state index contributed by atoms with van der Waals surface area (Å²) in [4.78, 5) is 38.1. The highest BCUT2D eigenvalue weighted by Gasteiger charge is 2.19. The lowest BCUT2D eigenvalue weighted by molar-refractivity contribution is -0.167. The van der Waals surface area contributed by atoms with Crippen LogP contribution in [0.3, 0.4) is 0 Å². The summed E-state index contributed by atoms with van der Waals surface area (Å²) in [5.74, 6) is -0.852. The Morgan fingerprint density at radius 2 is 0.465 bits per heavy atom. The Bertz CT molecular complexity index is 1100. The second-order valence-corrected chi connectivity index (χ2v) is 22.0. The van der Waals surface area contributed by atoms with Gasteiger partial charge in [0.05, 0.1) is 0 Å². The molecule has 6 nitrogen and oxygen atoms in total. The van der Waals surface area contributed by atoms with Gasteiger partial charge in [-0.15, -0.1) is 0 Å². The normalized spacial score (nSPS) is 12.0. The second-order valence-electron chi connectivity index (χ2n) is 22.0. The van der Waals surface area contributed by atoms with E-state index in [1.54, 1.807) is 0 Å². The molecule has 0 aliphatic heterocycles. The molecule has 0 saturated heterocycles. The van der Waals surface area contributed by atoms with Crippen LogP contribution in [0.1, 0.15) is 367 Å². The van der Waals surface area contributed by atoms with E-state index in [4.69, 9.17) is 14.2 Å². The van der Waals surface area contributed by atoms with E-state index in [-0.39, 0.29) is 31.1 Å². The Morgan fingerprint density at radius 1 is 0.268 bits per heavy atom. The van der Waals surface area contributed by atoms with Crippen molar-refractivity contribution in [1.29, 1.82) is 0 Å². The van der Waals surface area contributed by atoms with Crippen LogP contribution in [0.4, 0.5) is 0 Å². The number of unbranched alkanes of at least 4 members (excludes halogenated alkanes) is 47. The number of hydrogen-bond acceptors (Lipinski definition) is 6. The number of rotatable bonds is 60. The lowest BCUT2D eigenvalue weighted by Gasteiger charge is -2.18. The minimum atomic E-state index is -0.768. The number of allylic oxidation sites excluding steroid dienone is 2. The number of esters is 3. The summed E-state index contributed by atoms with van der Waals surface area (Å²) in [6.45, 7) is 6.67. The van der Waals surface area contributed by atoms with E-state index >= 15 is 0 Å². The third-order valence-corrected chi connectivity index (χ3v) is 14.8. The van der Waals surface area contributed by atoms with Crippen molar-refractivity contribution < 1.29 is 28.6 Å². The molecular weight excluding hydrogens is 877 g/mol. The van der Waals surface area contributed by atoms with Gasteiger partial charge in [-0.25, -0.2) is 0 Å². The molecule has 1 unspecified atom stereocenters. The first-order valence-corrected chi connectivity index (χ1v) is 32.2. The average molecular weight is 1000 g/mol. The van der Waals surface area contributed by atoms with Gasteiger partial charge in [0.2, 0.25) is 0 Å². The first kappa shape index (κ1) is 69.2. The van der Waals surface area contributed by atoms with Crippen LogP contribution in [0.25, 0.3) is 0 Å². The van der Waals surface area contributed by atoms with Gasteiger partial charge in [-0.05, 0) is 44.9 Å². The number of carbonyl (C=O) groups excluding carboxylic acids is 3. The molecule has 0 fully saturated rings.